The van der Waals surface area contributed by atoms with Crippen LogP contribution in [0.5, 0.6) is 5.75 Å². The average molecular weight is 299 g/mol. The highest BCUT2D eigenvalue weighted by atomic mass is 16.5. The van der Waals surface area contributed by atoms with Gasteiger partial charge in [0.1, 0.15) is 5.75 Å². The maximum Gasteiger partial charge on any atom is 0.257 e. The highest BCUT2D eigenvalue weighted by Crippen LogP contribution is 2.20. The number of piperidine rings is 1. The first-order chi connectivity index (χ1) is 10.7. The second-order valence-electron chi connectivity index (χ2n) is 5.76. The van der Waals surface area contributed by atoms with Gasteiger partial charge in [-0.05, 0) is 30.9 Å². The van der Waals surface area contributed by atoms with Gasteiger partial charge in [0.25, 0.3) is 5.91 Å². The molecule has 1 aromatic heterocycles. The molecule has 22 heavy (non-hydrogen) atoms. The molecule has 0 N–H and O–H groups in total. The number of para-hydroxylation sites is 1. The van der Waals surface area contributed by atoms with E-state index < -0.39 is 0 Å². The number of carbonyl (C=O) groups is 1. The third-order valence-corrected chi connectivity index (χ3v) is 4.08. The summed E-state index contributed by atoms with van der Waals surface area (Å²) < 4.78 is 7.47. The van der Waals surface area contributed by atoms with Gasteiger partial charge in [-0.2, -0.15) is 5.10 Å². The standard InChI is InChI=1S/C17H21N3O2/c1-19-12-15(11-18-19)17(21)20-9-7-14(8-10-20)13-22-16-5-3-2-4-6-16/h2-6,11-12,14H,7-10,13H2,1H3. The molecule has 5 nitrogen and oxygen atoms in total. The number of ether oxygens (including phenoxy) is 1. The zero-order valence-electron chi connectivity index (χ0n) is 12.8. The smallest absolute Gasteiger partial charge is 0.257 e. The Morgan fingerprint density at radius 1 is 1.27 bits per heavy atom. The molecule has 0 bridgehead atoms. The van der Waals surface area contributed by atoms with E-state index in [1.165, 1.54) is 0 Å². The number of rotatable bonds is 4. The largest absolute Gasteiger partial charge is 0.493 e. The van der Waals surface area contributed by atoms with E-state index in [-0.39, 0.29) is 5.91 Å². The van der Waals surface area contributed by atoms with Gasteiger partial charge in [-0.1, -0.05) is 18.2 Å². The Morgan fingerprint density at radius 3 is 2.64 bits per heavy atom. The van der Waals surface area contributed by atoms with E-state index >= 15 is 0 Å². The lowest BCUT2D eigenvalue weighted by molar-refractivity contribution is 0.0661. The minimum absolute atomic E-state index is 0.0792. The molecule has 0 saturated carbocycles. The van der Waals surface area contributed by atoms with E-state index in [0.717, 1.165) is 38.3 Å². The van der Waals surface area contributed by atoms with Crippen LogP contribution in [0.1, 0.15) is 23.2 Å². The molecule has 2 heterocycles. The predicted octanol–water partition coefficient (Wildman–Crippen LogP) is 2.35. The number of amides is 1. The fourth-order valence-corrected chi connectivity index (χ4v) is 2.75. The van der Waals surface area contributed by atoms with Crippen LogP contribution in [0.4, 0.5) is 0 Å². The first kappa shape index (κ1) is 14.6. The van der Waals surface area contributed by atoms with E-state index in [0.29, 0.717) is 11.5 Å². The van der Waals surface area contributed by atoms with E-state index in [1.54, 1.807) is 17.1 Å². The topological polar surface area (TPSA) is 47.4 Å². The lowest BCUT2D eigenvalue weighted by Gasteiger charge is -2.31. The van der Waals surface area contributed by atoms with Crippen molar-refractivity contribution in [2.75, 3.05) is 19.7 Å². The van der Waals surface area contributed by atoms with Crippen LogP contribution < -0.4 is 4.74 Å². The van der Waals surface area contributed by atoms with Crippen molar-refractivity contribution >= 4 is 5.91 Å². The van der Waals surface area contributed by atoms with E-state index in [9.17, 15) is 4.79 Å². The lowest BCUT2D eigenvalue weighted by Crippen LogP contribution is -2.39. The molecule has 1 aromatic carbocycles. The number of aryl methyl sites for hydroxylation is 1. The van der Waals surface area contributed by atoms with Gasteiger partial charge in [0.15, 0.2) is 0 Å². The molecular weight excluding hydrogens is 278 g/mol. The Labute approximate surface area is 130 Å². The molecule has 1 fully saturated rings. The van der Waals surface area contributed by atoms with Crippen LogP contribution in [0.2, 0.25) is 0 Å². The SMILES string of the molecule is Cn1cc(C(=O)N2CCC(COc3ccccc3)CC2)cn1. The number of benzene rings is 1. The van der Waals surface area contributed by atoms with Crippen LogP contribution in [-0.4, -0.2) is 40.3 Å². The van der Waals surface area contributed by atoms with Crippen molar-refractivity contribution in [3.63, 3.8) is 0 Å². The molecule has 0 aliphatic carbocycles. The second kappa shape index (κ2) is 6.64. The highest BCUT2D eigenvalue weighted by Gasteiger charge is 2.24. The monoisotopic (exact) mass is 299 g/mol. The summed E-state index contributed by atoms with van der Waals surface area (Å²) in [6.07, 6.45) is 5.37. The molecule has 0 atom stereocenters. The van der Waals surface area contributed by atoms with Gasteiger partial charge < -0.3 is 9.64 Å². The maximum atomic E-state index is 12.3. The van der Waals surface area contributed by atoms with Gasteiger partial charge >= 0.3 is 0 Å². The first-order valence-corrected chi connectivity index (χ1v) is 7.68. The number of hydrogen-bond acceptors (Lipinski definition) is 3. The predicted molar refractivity (Wildman–Crippen MR) is 83.8 cm³/mol. The molecule has 3 rings (SSSR count). The quantitative estimate of drug-likeness (QED) is 0.870. The molecule has 0 spiro atoms. The summed E-state index contributed by atoms with van der Waals surface area (Å²) in [5.74, 6) is 1.50. The van der Waals surface area contributed by atoms with Crippen molar-refractivity contribution < 1.29 is 9.53 Å². The van der Waals surface area contributed by atoms with Gasteiger partial charge in [0, 0.05) is 26.3 Å². The zero-order chi connectivity index (χ0) is 15.4. The number of hydrogen-bond donors (Lipinski definition) is 0. The lowest BCUT2D eigenvalue weighted by atomic mass is 9.97. The summed E-state index contributed by atoms with van der Waals surface area (Å²) in [4.78, 5) is 14.3. The third kappa shape index (κ3) is 3.47. The van der Waals surface area contributed by atoms with Crippen LogP contribution in [0, 0.1) is 5.92 Å². The molecule has 1 saturated heterocycles. The van der Waals surface area contributed by atoms with Gasteiger partial charge in [0.05, 0.1) is 18.4 Å². The van der Waals surface area contributed by atoms with Crippen LogP contribution in [0.25, 0.3) is 0 Å². The summed E-state index contributed by atoms with van der Waals surface area (Å²) in [6, 6.07) is 9.88. The van der Waals surface area contributed by atoms with Crippen molar-refractivity contribution in [3.8, 4) is 5.75 Å². The van der Waals surface area contributed by atoms with Crippen molar-refractivity contribution in [1.29, 1.82) is 0 Å². The Morgan fingerprint density at radius 2 is 2.00 bits per heavy atom. The van der Waals surface area contributed by atoms with Crippen LogP contribution in [0.3, 0.4) is 0 Å². The summed E-state index contributed by atoms with van der Waals surface area (Å²) in [6.45, 7) is 2.30. The summed E-state index contributed by atoms with van der Waals surface area (Å²) in [5.41, 5.74) is 0.668. The number of nitrogens with zero attached hydrogens (tertiary/aromatic N) is 3. The number of likely N-dealkylation sites (tertiary alicyclic amines) is 1. The summed E-state index contributed by atoms with van der Waals surface area (Å²) in [5, 5.41) is 4.06. The second-order valence-corrected chi connectivity index (χ2v) is 5.76. The molecule has 1 amide bonds. The van der Waals surface area contributed by atoms with Gasteiger partial charge in [-0.3, -0.25) is 9.48 Å². The van der Waals surface area contributed by atoms with Gasteiger partial charge in [0.2, 0.25) is 0 Å². The molecule has 0 radical (unpaired) electrons. The van der Waals surface area contributed by atoms with E-state index in [4.69, 9.17) is 4.74 Å². The Bertz CT molecular complexity index is 616. The van der Waals surface area contributed by atoms with Crippen LogP contribution in [-0.2, 0) is 7.05 Å². The molecule has 1 aliphatic heterocycles. The zero-order valence-corrected chi connectivity index (χ0v) is 12.8. The summed E-state index contributed by atoms with van der Waals surface area (Å²) >= 11 is 0. The third-order valence-electron chi connectivity index (χ3n) is 4.08. The minimum Gasteiger partial charge on any atom is -0.493 e. The average Bonchev–Trinajstić information content (AvgIpc) is 3.00. The van der Waals surface area contributed by atoms with E-state index in [1.807, 2.05) is 42.3 Å². The molecular formula is C17H21N3O2. The summed E-state index contributed by atoms with van der Waals surface area (Å²) in [7, 11) is 1.82. The normalized spacial score (nSPS) is 15.8. The van der Waals surface area contributed by atoms with Crippen molar-refractivity contribution in [1.82, 2.24) is 14.7 Å². The highest BCUT2D eigenvalue weighted by molar-refractivity contribution is 5.93. The fraction of sp³-hybridized carbons (Fsp3) is 0.412. The molecule has 1 aliphatic rings. The molecule has 2 aromatic rings. The van der Waals surface area contributed by atoms with Crippen LogP contribution >= 0.6 is 0 Å². The van der Waals surface area contributed by atoms with Crippen molar-refractivity contribution in [2.24, 2.45) is 13.0 Å². The Kier molecular flexibility index (Phi) is 4.42. The van der Waals surface area contributed by atoms with Crippen LogP contribution in [0.15, 0.2) is 42.7 Å². The number of carbonyl (C=O) groups excluding carboxylic acids is 1. The fourth-order valence-electron chi connectivity index (χ4n) is 2.75. The minimum atomic E-state index is 0.0792. The molecule has 5 heteroatoms. The van der Waals surface area contributed by atoms with E-state index in [2.05, 4.69) is 5.10 Å². The Hall–Kier alpha value is -2.30. The number of aromatic nitrogens is 2. The van der Waals surface area contributed by atoms with Gasteiger partial charge in [-0.15, -0.1) is 0 Å². The Balaban J connectivity index is 1.47. The van der Waals surface area contributed by atoms with Crippen molar-refractivity contribution in [2.45, 2.75) is 12.8 Å². The molecule has 0 unspecified atom stereocenters. The molecule has 116 valence electrons. The van der Waals surface area contributed by atoms with Crippen molar-refractivity contribution in [3.05, 3.63) is 48.3 Å². The maximum absolute atomic E-state index is 12.3. The first-order valence-electron chi connectivity index (χ1n) is 7.68. The van der Waals surface area contributed by atoms with Gasteiger partial charge in [-0.25, -0.2) is 0 Å².